The number of anilines is 1. The number of rotatable bonds is 8. The molecule has 0 saturated carbocycles. The normalized spacial score (nSPS) is 32.2. The molecule has 35 heavy (non-hydrogen) atoms. The summed E-state index contributed by atoms with van der Waals surface area (Å²) in [6, 6.07) is 4.03. The maximum Gasteiger partial charge on any atom is 0.310 e. The molecule has 7 nitrogen and oxygen atoms in total. The van der Waals surface area contributed by atoms with Crippen LogP contribution in [0.5, 0.6) is 0 Å². The monoisotopic (exact) mass is 522 g/mol. The third kappa shape index (κ3) is 4.15. The van der Waals surface area contributed by atoms with Gasteiger partial charge in [0.15, 0.2) is 0 Å². The van der Waals surface area contributed by atoms with E-state index in [0.717, 1.165) is 12.0 Å². The summed E-state index contributed by atoms with van der Waals surface area (Å²) in [6.45, 7) is 9.71. The van der Waals surface area contributed by atoms with E-state index in [1.807, 2.05) is 32.9 Å². The van der Waals surface area contributed by atoms with Crippen molar-refractivity contribution in [3.63, 3.8) is 0 Å². The van der Waals surface area contributed by atoms with Crippen LogP contribution in [0.1, 0.15) is 46.1 Å². The van der Waals surface area contributed by atoms with Crippen LogP contribution in [0.2, 0.25) is 5.02 Å². The molecular formula is C26H35ClN2O5S. The second-order valence-corrected chi connectivity index (χ2v) is 12.4. The molecule has 1 aromatic carbocycles. The van der Waals surface area contributed by atoms with Crippen molar-refractivity contribution in [3.05, 3.63) is 28.8 Å². The molecule has 0 aliphatic carbocycles. The number of aliphatic hydroxyl groups is 1. The fourth-order valence-electron chi connectivity index (χ4n) is 6.46. The molecule has 1 aromatic rings. The van der Waals surface area contributed by atoms with E-state index < -0.39 is 28.7 Å². The number of ether oxygens (including phenoxy) is 1. The van der Waals surface area contributed by atoms with E-state index in [-0.39, 0.29) is 48.1 Å². The number of carbonyl (C=O) groups is 3. The van der Waals surface area contributed by atoms with Gasteiger partial charge in [0.2, 0.25) is 11.8 Å². The number of hydrogen-bond acceptors (Lipinski definition) is 6. The number of para-hydroxylation sites is 1. The van der Waals surface area contributed by atoms with Crippen molar-refractivity contribution in [3.8, 4) is 0 Å². The zero-order valence-corrected chi connectivity index (χ0v) is 22.5. The van der Waals surface area contributed by atoms with Gasteiger partial charge in [-0.15, -0.1) is 11.8 Å². The van der Waals surface area contributed by atoms with Crippen molar-refractivity contribution in [2.24, 2.45) is 23.7 Å². The van der Waals surface area contributed by atoms with Gasteiger partial charge in [0.1, 0.15) is 6.04 Å². The van der Waals surface area contributed by atoms with E-state index in [0.29, 0.717) is 17.1 Å². The molecule has 3 saturated heterocycles. The molecule has 7 atom stereocenters. The number of nitrogens with zero attached hydrogens (tertiary/aromatic N) is 1. The van der Waals surface area contributed by atoms with Gasteiger partial charge in [-0.3, -0.25) is 14.4 Å². The summed E-state index contributed by atoms with van der Waals surface area (Å²) in [7, 11) is 0. The van der Waals surface area contributed by atoms with E-state index in [2.05, 4.69) is 12.2 Å². The first-order valence-corrected chi connectivity index (χ1v) is 13.7. The number of nitrogens with one attached hydrogen (secondary N) is 1. The van der Waals surface area contributed by atoms with Crippen molar-refractivity contribution in [2.45, 2.75) is 69.5 Å². The smallest absolute Gasteiger partial charge is 0.310 e. The Morgan fingerprint density at radius 1 is 1.37 bits per heavy atom. The zero-order valence-electron chi connectivity index (χ0n) is 20.9. The number of thioether (sulfide) groups is 1. The van der Waals surface area contributed by atoms with Gasteiger partial charge in [-0.05, 0) is 50.2 Å². The minimum absolute atomic E-state index is 0.0311. The highest BCUT2D eigenvalue weighted by molar-refractivity contribution is 8.02. The standard InChI is InChI=1S/C26H35ClN2O5S/c1-6-34-25(33)19-18-11-15(5)26(35-18)20(19)24(32)29(16(12-30)10-13(2)3)22(26)23(31)28-21-14(4)8-7-9-17(21)27/h7-9,13,15-16,18-20,22,30H,6,10-12H2,1-5H3,(H,28,31)/t15?,16-,18-,19+,20+,22?,26?/m1/s1. The molecule has 3 unspecified atom stereocenters. The Morgan fingerprint density at radius 2 is 2.09 bits per heavy atom. The lowest BCUT2D eigenvalue weighted by atomic mass is 9.66. The molecule has 4 rings (SSSR count). The number of hydrogen-bond donors (Lipinski definition) is 2. The van der Waals surface area contributed by atoms with Crippen molar-refractivity contribution < 1.29 is 24.2 Å². The number of aryl methyl sites for hydroxylation is 1. The lowest BCUT2D eigenvalue weighted by Gasteiger charge is -2.40. The van der Waals surface area contributed by atoms with Crippen LogP contribution in [0, 0.1) is 30.6 Å². The van der Waals surface area contributed by atoms with Gasteiger partial charge < -0.3 is 20.1 Å². The topological polar surface area (TPSA) is 95.9 Å². The molecule has 3 fully saturated rings. The molecule has 3 aliphatic heterocycles. The van der Waals surface area contributed by atoms with Crippen LogP contribution < -0.4 is 5.32 Å². The van der Waals surface area contributed by atoms with Crippen molar-refractivity contribution >= 4 is 46.8 Å². The molecule has 9 heteroatoms. The zero-order chi connectivity index (χ0) is 25.7. The van der Waals surface area contributed by atoms with E-state index in [9.17, 15) is 19.5 Å². The maximum absolute atomic E-state index is 14.1. The Balaban J connectivity index is 1.81. The highest BCUT2D eigenvalue weighted by atomic mass is 35.5. The molecule has 3 aliphatic rings. The average Bonchev–Trinajstić information content (AvgIpc) is 3.38. The number of halogens is 1. The molecule has 2 amide bonds. The molecular weight excluding hydrogens is 488 g/mol. The minimum atomic E-state index is -0.837. The van der Waals surface area contributed by atoms with E-state index in [4.69, 9.17) is 16.3 Å². The fraction of sp³-hybridized carbons (Fsp3) is 0.654. The summed E-state index contributed by atoms with van der Waals surface area (Å²) in [5.41, 5.74) is 1.33. The number of likely N-dealkylation sites (tertiary alicyclic amines) is 1. The first-order chi connectivity index (χ1) is 16.6. The van der Waals surface area contributed by atoms with Gasteiger partial charge in [-0.2, -0.15) is 0 Å². The Bertz CT molecular complexity index is 999. The molecule has 2 bridgehead atoms. The van der Waals surface area contributed by atoms with Crippen LogP contribution in [-0.4, -0.2) is 63.1 Å². The number of fused-ring (bicyclic) bond motifs is 1. The largest absolute Gasteiger partial charge is 0.466 e. The highest BCUT2D eigenvalue weighted by Gasteiger charge is 2.76. The van der Waals surface area contributed by atoms with Gasteiger partial charge in [0, 0.05) is 5.25 Å². The predicted molar refractivity (Wildman–Crippen MR) is 137 cm³/mol. The van der Waals surface area contributed by atoms with Crippen LogP contribution in [0.4, 0.5) is 5.69 Å². The number of benzene rings is 1. The second-order valence-electron chi connectivity index (χ2n) is 10.4. The minimum Gasteiger partial charge on any atom is -0.466 e. The van der Waals surface area contributed by atoms with Crippen molar-refractivity contribution in [1.29, 1.82) is 0 Å². The Hall–Kier alpha value is -1.77. The summed E-state index contributed by atoms with van der Waals surface area (Å²) >= 11 is 8.01. The average molecular weight is 523 g/mol. The van der Waals surface area contributed by atoms with Gasteiger partial charge in [0.25, 0.3) is 0 Å². The van der Waals surface area contributed by atoms with Crippen LogP contribution in [-0.2, 0) is 19.1 Å². The van der Waals surface area contributed by atoms with Gasteiger partial charge in [-0.25, -0.2) is 0 Å². The number of carbonyl (C=O) groups excluding carboxylic acids is 3. The van der Waals surface area contributed by atoms with Gasteiger partial charge in [-0.1, -0.05) is 44.5 Å². The van der Waals surface area contributed by atoms with Gasteiger partial charge >= 0.3 is 5.97 Å². The molecule has 2 N–H and O–H groups in total. The lowest BCUT2D eigenvalue weighted by Crippen LogP contribution is -2.57. The van der Waals surface area contributed by atoms with Crippen LogP contribution in [0.25, 0.3) is 0 Å². The third-order valence-electron chi connectivity index (χ3n) is 7.81. The predicted octanol–water partition coefficient (Wildman–Crippen LogP) is 3.89. The van der Waals surface area contributed by atoms with E-state index in [1.165, 1.54) is 0 Å². The fourth-order valence-corrected chi connectivity index (χ4v) is 9.13. The van der Waals surface area contributed by atoms with Crippen molar-refractivity contribution in [2.75, 3.05) is 18.5 Å². The van der Waals surface area contributed by atoms with Crippen LogP contribution in [0.15, 0.2) is 18.2 Å². The lowest BCUT2D eigenvalue weighted by molar-refractivity contribution is -0.154. The quantitative estimate of drug-likeness (QED) is 0.503. The third-order valence-corrected chi connectivity index (χ3v) is 10.2. The first kappa shape index (κ1) is 26.3. The van der Waals surface area contributed by atoms with Gasteiger partial charge in [0.05, 0.1) is 46.5 Å². The summed E-state index contributed by atoms with van der Waals surface area (Å²) in [4.78, 5) is 42.8. The van der Waals surface area contributed by atoms with Crippen LogP contribution >= 0.6 is 23.4 Å². The van der Waals surface area contributed by atoms with E-state index >= 15 is 0 Å². The summed E-state index contributed by atoms with van der Waals surface area (Å²) in [5.74, 6) is -1.96. The Kier molecular flexibility index (Phi) is 7.47. The SMILES string of the molecule is CCOC(=O)[C@@H]1[C@H]2C(=O)N([C@@H](CO)CC(C)C)C(C(=O)Nc3c(C)cccc3Cl)C23S[C@@H]1CC3C. The summed E-state index contributed by atoms with van der Waals surface area (Å²) < 4.78 is 4.61. The molecule has 0 radical (unpaired) electrons. The second kappa shape index (κ2) is 9.94. The van der Waals surface area contributed by atoms with Crippen LogP contribution in [0.3, 0.4) is 0 Å². The van der Waals surface area contributed by atoms with E-state index in [1.54, 1.807) is 29.7 Å². The first-order valence-electron chi connectivity index (χ1n) is 12.4. The molecule has 1 spiro atoms. The summed E-state index contributed by atoms with van der Waals surface area (Å²) in [5, 5.41) is 13.7. The number of amides is 2. The molecule has 3 heterocycles. The Morgan fingerprint density at radius 3 is 2.69 bits per heavy atom. The Labute approximate surface area is 216 Å². The highest BCUT2D eigenvalue weighted by Crippen LogP contribution is 2.69. The number of esters is 1. The number of aliphatic hydroxyl groups excluding tert-OH is 1. The molecule has 192 valence electrons. The maximum atomic E-state index is 14.1. The van der Waals surface area contributed by atoms with Crippen molar-refractivity contribution in [1.82, 2.24) is 4.90 Å². The molecule has 0 aromatic heterocycles. The summed E-state index contributed by atoms with van der Waals surface area (Å²) in [6.07, 6.45) is 1.28.